The van der Waals surface area contributed by atoms with E-state index >= 15 is 0 Å². The van der Waals surface area contributed by atoms with Gasteiger partial charge in [0.05, 0.1) is 42.8 Å². The average molecular weight is 419 g/mol. The van der Waals surface area contributed by atoms with Crippen molar-refractivity contribution in [3.63, 3.8) is 0 Å². The summed E-state index contributed by atoms with van der Waals surface area (Å²) in [5.41, 5.74) is 0.210. The van der Waals surface area contributed by atoms with Crippen molar-refractivity contribution in [3.05, 3.63) is 40.9 Å². The van der Waals surface area contributed by atoms with Gasteiger partial charge in [-0.2, -0.15) is 0 Å². The van der Waals surface area contributed by atoms with Crippen molar-refractivity contribution in [3.8, 4) is 23.0 Å². The first-order valence-electron chi connectivity index (χ1n) is 8.75. The average Bonchev–Trinajstić information content (AvgIpc) is 2.64. The quantitative estimate of drug-likeness (QED) is 0.430. The zero-order chi connectivity index (χ0) is 19.8. The van der Waals surface area contributed by atoms with E-state index in [1.54, 1.807) is 30.3 Å². The van der Waals surface area contributed by atoms with Crippen LogP contribution in [-0.2, 0) is 0 Å². The molecule has 0 heterocycles. The van der Waals surface area contributed by atoms with Gasteiger partial charge in [-0.25, -0.2) is 0 Å². The molecule has 0 N–H and O–H groups in total. The van der Waals surface area contributed by atoms with Crippen molar-refractivity contribution < 1.29 is 23.7 Å². The Kier molecular flexibility index (Phi) is 10.8. The normalized spacial score (nSPS) is 10.5. The minimum absolute atomic E-state index is 0. The van der Waals surface area contributed by atoms with Gasteiger partial charge in [0, 0.05) is 12.1 Å². The summed E-state index contributed by atoms with van der Waals surface area (Å²) in [6, 6.07) is 8.71. The summed E-state index contributed by atoms with van der Waals surface area (Å²) in [6.07, 6.45) is 0. The van der Waals surface area contributed by atoms with Crippen LogP contribution in [0.15, 0.2) is 30.3 Å². The first kappa shape index (κ1) is 24.7. The molecule has 0 aliphatic carbocycles. The molecule has 0 amide bonds. The number of benzene rings is 2. The molecule has 28 heavy (non-hydrogen) atoms. The molecule has 0 aliphatic rings. The molecule has 2 aromatic rings. The molecule has 0 aliphatic heterocycles. The van der Waals surface area contributed by atoms with E-state index in [9.17, 15) is 4.79 Å². The fraction of sp³-hybridized carbons (Fsp3) is 0.350. The van der Waals surface area contributed by atoms with E-state index in [-0.39, 0.29) is 33.0 Å². The van der Waals surface area contributed by atoms with Crippen molar-refractivity contribution in [2.75, 3.05) is 26.9 Å². The molecule has 0 saturated heterocycles. The molecule has 1 unspecified atom stereocenters. The Morgan fingerprint density at radius 1 is 0.964 bits per heavy atom. The number of methoxy groups -OCH3 is 1. The molecule has 2 rings (SSSR count). The summed E-state index contributed by atoms with van der Waals surface area (Å²) >= 11 is 6.26. The van der Waals surface area contributed by atoms with E-state index in [2.05, 4.69) is 0 Å². The maximum atomic E-state index is 13.0. The van der Waals surface area contributed by atoms with Crippen molar-refractivity contribution in [1.82, 2.24) is 0 Å². The predicted molar refractivity (Wildman–Crippen MR) is 117 cm³/mol. The first-order valence-corrected chi connectivity index (χ1v) is 10.1. The van der Waals surface area contributed by atoms with Gasteiger partial charge in [0.25, 0.3) is 0 Å². The molecule has 5 nitrogen and oxygen atoms in total. The molecule has 8 heteroatoms. The Labute approximate surface area is 185 Å². The van der Waals surface area contributed by atoms with E-state index in [4.69, 9.17) is 30.5 Å². The molecular weight excluding hydrogens is 394 g/mol. The van der Waals surface area contributed by atoms with Crippen LogP contribution in [0, 0.1) is 0 Å². The van der Waals surface area contributed by atoms with Crippen molar-refractivity contribution in [2.45, 2.75) is 20.8 Å². The number of carbonyl (C=O) groups is 1. The van der Waals surface area contributed by atoms with Gasteiger partial charge in [0.2, 0.25) is 0 Å². The van der Waals surface area contributed by atoms with Crippen LogP contribution < -0.4 is 24.3 Å². The molecule has 0 aromatic heterocycles. The van der Waals surface area contributed by atoms with Crippen LogP contribution >= 0.6 is 20.2 Å². The summed E-state index contributed by atoms with van der Waals surface area (Å²) in [4.78, 5) is 13.0. The number of halogens is 1. The van der Waals surface area contributed by atoms with Crippen LogP contribution in [-0.4, -0.2) is 51.3 Å². The first-order chi connectivity index (χ1) is 13.0. The van der Waals surface area contributed by atoms with Crippen LogP contribution in [0.25, 0.3) is 0 Å². The molecule has 0 bridgehead atoms. The Hall–Kier alpha value is -1.37. The van der Waals surface area contributed by atoms with Gasteiger partial charge in [0.15, 0.2) is 5.52 Å². The van der Waals surface area contributed by atoms with Crippen LogP contribution in [0.2, 0.25) is 5.02 Å². The molecule has 2 aromatic carbocycles. The molecule has 0 spiro atoms. The van der Waals surface area contributed by atoms with E-state index in [0.717, 1.165) is 0 Å². The zero-order valence-electron chi connectivity index (χ0n) is 15.9. The fourth-order valence-corrected chi connectivity index (χ4v) is 4.02. The SMILES string of the molecule is CCOc1cc(OCC)c(PC(=O)c2c(Cl)cccc2OC)c(OCC)c1.[LiH]. The van der Waals surface area contributed by atoms with Gasteiger partial charge >= 0.3 is 18.9 Å². The Morgan fingerprint density at radius 2 is 1.54 bits per heavy atom. The van der Waals surface area contributed by atoms with Crippen molar-refractivity contribution in [1.29, 1.82) is 0 Å². The van der Waals surface area contributed by atoms with Crippen molar-refractivity contribution >= 4 is 49.9 Å². The molecule has 1 atom stereocenters. The number of rotatable bonds is 10. The van der Waals surface area contributed by atoms with Gasteiger partial charge in [-0.15, -0.1) is 0 Å². The summed E-state index contributed by atoms with van der Waals surface area (Å²) in [5.74, 6) is 2.23. The standard InChI is InChI=1S/C20H24ClO5P.Li.H/c1-5-24-13-11-16(25-6-2)19(17(12-13)26-7-3)27-20(22)18-14(21)9-8-10-15(18)23-4;;/h8-12,27H,5-7H2,1-4H3;;. The predicted octanol–water partition coefficient (Wildman–Crippen LogP) is 4.04. The van der Waals surface area contributed by atoms with E-state index < -0.39 is 0 Å². The number of carbonyl (C=O) groups excluding carboxylic acids is 1. The number of hydrogen-bond donors (Lipinski definition) is 0. The van der Waals surface area contributed by atoms with Crippen LogP contribution in [0.3, 0.4) is 0 Å². The number of hydrogen-bond acceptors (Lipinski definition) is 5. The second kappa shape index (κ2) is 12.2. The monoisotopic (exact) mass is 418 g/mol. The fourth-order valence-electron chi connectivity index (χ4n) is 2.55. The summed E-state index contributed by atoms with van der Waals surface area (Å²) < 4.78 is 22.4. The van der Waals surface area contributed by atoms with Gasteiger partial charge < -0.3 is 18.9 Å². The minimum atomic E-state index is -0.242. The van der Waals surface area contributed by atoms with Crippen LogP contribution in [0.1, 0.15) is 31.1 Å². The molecular formula is C20H25ClLiO5P. The van der Waals surface area contributed by atoms with Crippen molar-refractivity contribution in [2.24, 2.45) is 0 Å². The second-order valence-electron chi connectivity index (χ2n) is 5.36. The molecule has 0 saturated carbocycles. The van der Waals surface area contributed by atoms with Gasteiger partial charge in [-0.3, -0.25) is 4.79 Å². The Morgan fingerprint density at radius 3 is 2.04 bits per heavy atom. The third kappa shape index (κ3) is 6.06. The van der Waals surface area contributed by atoms with Gasteiger partial charge in [-0.05, 0) is 41.5 Å². The summed E-state index contributed by atoms with van der Waals surface area (Å²) in [7, 11) is 1.27. The molecule has 0 fully saturated rings. The second-order valence-corrected chi connectivity index (χ2v) is 6.98. The topological polar surface area (TPSA) is 54.0 Å². The van der Waals surface area contributed by atoms with E-state index in [1.165, 1.54) is 7.11 Å². The zero-order valence-corrected chi connectivity index (χ0v) is 17.7. The van der Waals surface area contributed by atoms with Gasteiger partial charge in [-0.1, -0.05) is 17.7 Å². The third-order valence-corrected chi connectivity index (χ3v) is 5.15. The Bertz CT molecular complexity index is 773. The third-order valence-electron chi connectivity index (χ3n) is 3.61. The maximum absolute atomic E-state index is 13.0. The van der Waals surface area contributed by atoms with Crippen LogP contribution in [0.4, 0.5) is 0 Å². The van der Waals surface area contributed by atoms with E-state index in [1.807, 2.05) is 20.8 Å². The molecule has 0 radical (unpaired) electrons. The number of ether oxygens (including phenoxy) is 4. The summed E-state index contributed by atoms with van der Waals surface area (Å²) in [5, 5.41) is 1.04. The van der Waals surface area contributed by atoms with Gasteiger partial charge in [0.1, 0.15) is 23.0 Å². The van der Waals surface area contributed by atoms with Crippen LogP contribution in [0.5, 0.6) is 23.0 Å². The summed E-state index contributed by atoms with van der Waals surface area (Å²) in [6.45, 7) is 7.13. The van der Waals surface area contributed by atoms with E-state index in [0.29, 0.717) is 58.7 Å². The molecule has 148 valence electrons. The Balaban J connectivity index is 0.00000392.